The summed E-state index contributed by atoms with van der Waals surface area (Å²) >= 11 is 0. The molecule has 0 saturated carbocycles. The Bertz CT molecular complexity index is 353. The van der Waals surface area contributed by atoms with E-state index in [0.717, 1.165) is 52.0 Å². The summed E-state index contributed by atoms with van der Waals surface area (Å²) < 4.78 is 5.51. The van der Waals surface area contributed by atoms with Gasteiger partial charge in [-0.15, -0.1) is 0 Å². The van der Waals surface area contributed by atoms with E-state index >= 15 is 0 Å². The summed E-state index contributed by atoms with van der Waals surface area (Å²) in [6.07, 6.45) is 4.26. The number of aliphatic hydroxyl groups is 1. The standard InChI is InChI=1S/C17H32N2O3/c1-17(2,3)22-16(21)19-12-14-9-15(13-19)11-18(10-14)7-5-4-6-8-20/h14-15,20H,4-13H2,1-3H3/t14-,15?/m0/s1. The van der Waals surface area contributed by atoms with E-state index in [9.17, 15) is 4.79 Å². The van der Waals surface area contributed by atoms with Crippen molar-refractivity contribution in [2.24, 2.45) is 11.8 Å². The molecule has 1 N–H and O–H groups in total. The van der Waals surface area contributed by atoms with Crippen LogP contribution in [-0.2, 0) is 4.74 Å². The fourth-order valence-corrected chi connectivity index (χ4v) is 3.67. The highest BCUT2D eigenvalue weighted by molar-refractivity contribution is 5.68. The molecule has 1 amide bonds. The van der Waals surface area contributed by atoms with Crippen LogP contribution in [0.3, 0.4) is 0 Å². The molecule has 5 nitrogen and oxygen atoms in total. The number of hydrogen-bond donors (Lipinski definition) is 1. The molecule has 0 aromatic carbocycles. The van der Waals surface area contributed by atoms with Crippen LogP contribution in [-0.4, -0.2) is 65.9 Å². The van der Waals surface area contributed by atoms with Gasteiger partial charge in [-0.1, -0.05) is 0 Å². The summed E-state index contributed by atoms with van der Waals surface area (Å²) in [5, 5.41) is 8.83. The van der Waals surface area contributed by atoms with Gasteiger partial charge in [0.2, 0.25) is 0 Å². The molecule has 2 heterocycles. The minimum atomic E-state index is -0.414. The lowest BCUT2D eigenvalue weighted by molar-refractivity contribution is -0.00971. The molecule has 0 aromatic heterocycles. The second-order valence-electron chi connectivity index (χ2n) is 7.90. The molecule has 2 rings (SSSR count). The lowest BCUT2D eigenvalue weighted by Gasteiger charge is -2.45. The molecule has 2 bridgehead atoms. The van der Waals surface area contributed by atoms with Crippen molar-refractivity contribution in [3.63, 3.8) is 0 Å². The molecule has 2 fully saturated rings. The number of nitrogens with zero attached hydrogens (tertiary/aromatic N) is 2. The van der Waals surface area contributed by atoms with Crippen LogP contribution in [0.25, 0.3) is 0 Å². The highest BCUT2D eigenvalue weighted by Gasteiger charge is 2.37. The molecule has 5 heteroatoms. The molecule has 0 radical (unpaired) electrons. The van der Waals surface area contributed by atoms with Crippen LogP contribution in [0.1, 0.15) is 46.5 Å². The van der Waals surface area contributed by atoms with Gasteiger partial charge in [0.05, 0.1) is 0 Å². The molecular formula is C17H32N2O3. The van der Waals surface area contributed by atoms with Crippen molar-refractivity contribution in [1.29, 1.82) is 0 Å². The number of ether oxygens (including phenoxy) is 1. The number of carbonyl (C=O) groups excluding carboxylic acids is 1. The van der Waals surface area contributed by atoms with Crippen LogP contribution in [0.5, 0.6) is 0 Å². The summed E-state index contributed by atoms with van der Waals surface area (Å²) in [4.78, 5) is 16.7. The molecule has 0 aliphatic carbocycles. The number of piperidine rings is 2. The van der Waals surface area contributed by atoms with Crippen molar-refractivity contribution < 1.29 is 14.6 Å². The Labute approximate surface area is 134 Å². The number of aliphatic hydroxyl groups excluding tert-OH is 1. The average Bonchev–Trinajstić information content (AvgIpc) is 2.41. The van der Waals surface area contributed by atoms with E-state index in [1.165, 1.54) is 6.42 Å². The third-order valence-corrected chi connectivity index (χ3v) is 4.44. The van der Waals surface area contributed by atoms with E-state index in [4.69, 9.17) is 9.84 Å². The SMILES string of the molecule is CC(C)(C)OC(=O)N1CC2C[C@@H](CN(CCCCCO)C2)C1. The van der Waals surface area contributed by atoms with E-state index in [-0.39, 0.29) is 6.09 Å². The van der Waals surface area contributed by atoms with Crippen molar-refractivity contribution in [2.45, 2.75) is 52.1 Å². The van der Waals surface area contributed by atoms with E-state index in [2.05, 4.69) is 4.90 Å². The van der Waals surface area contributed by atoms with Crippen molar-refractivity contribution >= 4 is 6.09 Å². The third kappa shape index (κ3) is 5.43. The van der Waals surface area contributed by atoms with Gasteiger partial charge in [0.25, 0.3) is 0 Å². The second kappa shape index (κ2) is 7.64. The number of carbonyl (C=O) groups is 1. The topological polar surface area (TPSA) is 53.0 Å². The van der Waals surface area contributed by atoms with Crippen LogP contribution < -0.4 is 0 Å². The minimum Gasteiger partial charge on any atom is -0.444 e. The maximum Gasteiger partial charge on any atom is 0.410 e. The molecule has 2 saturated heterocycles. The van der Waals surface area contributed by atoms with Crippen LogP contribution in [0.15, 0.2) is 0 Å². The Hall–Kier alpha value is -0.810. The number of fused-ring (bicyclic) bond motifs is 2. The number of unbranched alkanes of at least 4 members (excludes halogenated alkanes) is 2. The number of hydrogen-bond acceptors (Lipinski definition) is 4. The zero-order valence-electron chi connectivity index (χ0n) is 14.4. The summed E-state index contributed by atoms with van der Waals surface area (Å²) in [5.74, 6) is 1.16. The van der Waals surface area contributed by atoms with E-state index in [0.29, 0.717) is 18.4 Å². The normalized spacial score (nSPS) is 26.1. The first-order valence-electron chi connectivity index (χ1n) is 8.68. The fourth-order valence-electron chi connectivity index (χ4n) is 3.67. The van der Waals surface area contributed by atoms with Crippen molar-refractivity contribution in [2.75, 3.05) is 39.3 Å². The van der Waals surface area contributed by atoms with Gasteiger partial charge in [0, 0.05) is 32.8 Å². The number of rotatable bonds is 5. The van der Waals surface area contributed by atoms with Gasteiger partial charge in [-0.2, -0.15) is 0 Å². The fraction of sp³-hybridized carbons (Fsp3) is 0.941. The molecule has 22 heavy (non-hydrogen) atoms. The first-order valence-corrected chi connectivity index (χ1v) is 8.68. The van der Waals surface area contributed by atoms with Crippen molar-refractivity contribution in [3.8, 4) is 0 Å². The molecule has 2 atom stereocenters. The first-order chi connectivity index (χ1) is 10.4. The van der Waals surface area contributed by atoms with E-state index in [1.54, 1.807) is 0 Å². The zero-order chi connectivity index (χ0) is 16.2. The van der Waals surface area contributed by atoms with E-state index < -0.39 is 5.60 Å². The predicted molar refractivity (Wildman–Crippen MR) is 86.8 cm³/mol. The van der Waals surface area contributed by atoms with Gasteiger partial charge >= 0.3 is 6.09 Å². The van der Waals surface area contributed by atoms with Gasteiger partial charge in [-0.3, -0.25) is 0 Å². The quantitative estimate of drug-likeness (QED) is 0.792. The minimum absolute atomic E-state index is 0.154. The molecule has 2 aliphatic heterocycles. The Balaban J connectivity index is 1.78. The first kappa shape index (κ1) is 17.5. The summed E-state index contributed by atoms with van der Waals surface area (Å²) in [6, 6.07) is 0. The molecule has 128 valence electrons. The lowest BCUT2D eigenvalue weighted by atomic mass is 9.84. The third-order valence-electron chi connectivity index (χ3n) is 4.44. The highest BCUT2D eigenvalue weighted by Crippen LogP contribution is 2.29. The molecule has 0 aromatic rings. The lowest BCUT2D eigenvalue weighted by Crippen LogP contribution is -2.54. The maximum atomic E-state index is 12.2. The Morgan fingerprint density at radius 3 is 2.27 bits per heavy atom. The zero-order valence-corrected chi connectivity index (χ0v) is 14.4. The van der Waals surface area contributed by atoms with Crippen molar-refractivity contribution in [3.05, 3.63) is 0 Å². The predicted octanol–water partition coefficient (Wildman–Crippen LogP) is 2.34. The van der Waals surface area contributed by atoms with Crippen molar-refractivity contribution in [1.82, 2.24) is 9.80 Å². The average molecular weight is 312 g/mol. The van der Waals surface area contributed by atoms with Gasteiger partial charge in [0.15, 0.2) is 0 Å². The monoisotopic (exact) mass is 312 g/mol. The summed E-state index contributed by atoms with van der Waals surface area (Å²) in [7, 11) is 0. The Morgan fingerprint density at radius 1 is 1.09 bits per heavy atom. The van der Waals surface area contributed by atoms with Crippen LogP contribution in [0.4, 0.5) is 4.79 Å². The number of likely N-dealkylation sites (tertiary alicyclic amines) is 2. The smallest absolute Gasteiger partial charge is 0.410 e. The summed E-state index contributed by atoms with van der Waals surface area (Å²) in [5.41, 5.74) is -0.414. The molecule has 1 unspecified atom stereocenters. The van der Waals surface area contributed by atoms with Crippen LogP contribution in [0, 0.1) is 11.8 Å². The Kier molecular flexibility index (Phi) is 6.09. The largest absolute Gasteiger partial charge is 0.444 e. The highest BCUT2D eigenvalue weighted by atomic mass is 16.6. The molecule has 0 spiro atoms. The molecular weight excluding hydrogens is 280 g/mol. The molecule has 2 aliphatic rings. The van der Waals surface area contributed by atoms with Crippen LogP contribution in [0.2, 0.25) is 0 Å². The Morgan fingerprint density at radius 2 is 1.73 bits per heavy atom. The maximum absolute atomic E-state index is 12.2. The van der Waals surface area contributed by atoms with E-state index in [1.807, 2.05) is 25.7 Å². The van der Waals surface area contributed by atoms with Crippen LogP contribution >= 0.6 is 0 Å². The summed E-state index contributed by atoms with van der Waals surface area (Å²) in [6.45, 7) is 11.0. The number of amides is 1. The second-order valence-corrected chi connectivity index (χ2v) is 7.90. The van der Waals surface area contributed by atoms with Gasteiger partial charge in [0.1, 0.15) is 5.60 Å². The van der Waals surface area contributed by atoms with Gasteiger partial charge in [-0.05, 0) is 64.8 Å². The van der Waals surface area contributed by atoms with Gasteiger partial charge < -0.3 is 19.6 Å². The van der Waals surface area contributed by atoms with Gasteiger partial charge in [-0.25, -0.2) is 4.79 Å².